The molecule has 0 saturated heterocycles. The van der Waals surface area contributed by atoms with Gasteiger partial charge in [0.05, 0.1) is 4.90 Å². The van der Waals surface area contributed by atoms with E-state index in [0.717, 1.165) is 25.7 Å². The summed E-state index contributed by atoms with van der Waals surface area (Å²) in [6.45, 7) is 3.29. The van der Waals surface area contributed by atoms with Gasteiger partial charge in [0.25, 0.3) is 0 Å². The van der Waals surface area contributed by atoms with E-state index < -0.39 is 10.0 Å². The van der Waals surface area contributed by atoms with Crippen LogP contribution in [0.2, 0.25) is 0 Å². The number of rotatable bonds is 5. The summed E-state index contributed by atoms with van der Waals surface area (Å²) in [5.41, 5.74) is 0.945. The molecule has 2 aliphatic rings. The number of benzene rings is 1. The molecule has 0 aliphatic heterocycles. The smallest absolute Gasteiger partial charge is 0.207 e. The molecule has 0 heterocycles. The molecule has 5 heteroatoms. The van der Waals surface area contributed by atoms with Gasteiger partial charge in [-0.15, -0.1) is 0 Å². The molecule has 0 radical (unpaired) electrons. The van der Waals surface area contributed by atoms with Gasteiger partial charge in [-0.1, -0.05) is 0 Å². The summed E-state index contributed by atoms with van der Waals surface area (Å²) in [5, 5.41) is 0. The van der Waals surface area contributed by atoms with E-state index in [1.54, 1.807) is 13.8 Å². The van der Waals surface area contributed by atoms with Crippen molar-refractivity contribution in [1.82, 2.24) is 4.72 Å². The molecule has 20 heavy (non-hydrogen) atoms. The Morgan fingerprint density at radius 3 is 1.95 bits per heavy atom. The first-order chi connectivity index (χ1) is 9.38. The molecule has 0 atom stereocenters. The number of hydrogen-bond acceptors (Lipinski definition) is 2. The van der Waals surface area contributed by atoms with Crippen LogP contribution in [0.4, 0.5) is 4.39 Å². The predicted octanol–water partition coefficient (Wildman–Crippen LogP) is 2.91. The van der Waals surface area contributed by atoms with Crippen LogP contribution in [0.1, 0.15) is 36.8 Å². The van der Waals surface area contributed by atoms with E-state index in [1.165, 1.54) is 12.1 Å². The SMILES string of the molecule is Cc1cc(F)cc(C)c1S(=O)(=O)NC(C1CC1)C1CC1. The highest BCUT2D eigenvalue weighted by molar-refractivity contribution is 7.89. The monoisotopic (exact) mass is 297 g/mol. The van der Waals surface area contributed by atoms with Crippen molar-refractivity contribution in [2.24, 2.45) is 11.8 Å². The van der Waals surface area contributed by atoms with Crippen molar-refractivity contribution < 1.29 is 12.8 Å². The van der Waals surface area contributed by atoms with E-state index in [1.807, 2.05) is 0 Å². The molecular formula is C15H20FNO2S. The molecule has 2 fully saturated rings. The number of hydrogen-bond donors (Lipinski definition) is 1. The second-order valence-corrected chi connectivity index (χ2v) is 7.84. The van der Waals surface area contributed by atoms with Gasteiger partial charge in [0, 0.05) is 6.04 Å². The van der Waals surface area contributed by atoms with Gasteiger partial charge in [-0.25, -0.2) is 17.5 Å². The van der Waals surface area contributed by atoms with Crippen molar-refractivity contribution in [1.29, 1.82) is 0 Å². The summed E-state index contributed by atoms with van der Waals surface area (Å²) >= 11 is 0. The van der Waals surface area contributed by atoms with Gasteiger partial charge in [0.2, 0.25) is 10.0 Å². The Balaban J connectivity index is 1.91. The van der Waals surface area contributed by atoms with Crippen molar-refractivity contribution in [3.63, 3.8) is 0 Å². The molecule has 0 spiro atoms. The normalized spacial score (nSPS) is 19.6. The van der Waals surface area contributed by atoms with Crippen LogP contribution < -0.4 is 4.72 Å². The highest BCUT2D eigenvalue weighted by Gasteiger charge is 2.43. The van der Waals surface area contributed by atoms with Crippen molar-refractivity contribution >= 4 is 10.0 Å². The third kappa shape index (κ3) is 2.74. The van der Waals surface area contributed by atoms with Crippen molar-refractivity contribution in [2.45, 2.75) is 50.5 Å². The van der Waals surface area contributed by atoms with Crippen molar-refractivity contribution in [3.8, 4) is 0 Å². The minimum absolute atomic E-state index is 0.0730. The van der Waals surface area contributed by atoms with E-state index in [9.17, 15) is 12.8 Å². The Hall–Kier alpha value is -0.940. The Morgan fingerprint density at radius 2 is 1.55 bits per heavy atom. The standard InChI is InChI=1S/C15H20FNO2S/c1-9-7-13(16)8-10(2)15(9)20(18,19)17-14(11-3-4-11)12-5-6-12/h7-8,11-12,14,17H,3-6H2,1-2H3. The van der Waals surface area contributed by atoms with Crippen LogP contribution in [0, 0.1) is 31.5 Å². The van der Waals surface area contributed by atoms with Crippen LogP contribution in [-0.4, -0.2) is 14.5 Å². The van der Waals surface area contributed by atoms with Crippen LogP contribution in [0.15, 0.2) is 17.0 Å². The lowest BCUT2D eigenvalue weighted by Gasteiger charge is -2.19. The molecular weight excluding hydrogens is 277 g/mol. The van der Waals surface area contributed by atoms with E-state index in [-0.39, 0.29) is 16.8 Å². The molecule has 1 aromatic carbocycles. The van der Waals surface area contributed by atoms with E-state index >= 15 is 0 Å². The Bertz CT molecular complexity index is 598. The van der Waals surface area contributed by atoms with Crippen LogP contribution >= 0.6 is 0 Å². The Morgan fingerprint density at radius 1 is 1.10 bits per heavy atom. The summed E-state index contributed by atoms with van der Waals surface area (Å²) in [5.74, 6) is 0.608. The number of nitrogens with one attached hydrogen (secondary N) is 1. The lowest BCUT2D eigenvalue weighted by Crippen LogP contribution is -2.38. The van der Waals surface area contributed by atoms with Gasteiger partial charge < -0.3 is 0 Å². The summed E-state index contributed by atoms with van der Waals surface area (Å²) in [4.78, 5) is 0.241. The zero-order chi connectivity index (χ0) is 14.5. The van der Waals surface area contributed by atoms with Crippen LogP contribution in [-0.2, 0) is 10.0 Å². The van der Waals surface area contributed by atoms with Crippen LogP contribution in [0.3, 0.4) is 0 Å². The molecule has 0 bridgehead atoms. The first-order valence-corrected chi connectivity index (χ1v) is 8.66. The lowest BCUT2D eigenvalue weighted by atomic mass is 10.1. The molecule has 2 aliphatic carbocycles. The molecule has 0 unspecified atom stereocenters. The zero-order valence-electron chi connectivity index (χ0n) is 11.8. The second-order valence-electron chi connectivity index (χ2n) is 6.19. The largest absolute Gasteiger partial charge is 0.241 e. The summed E-state index contributed by atoms with van der Waals surface area (Å²) in [6, 6.07) is 2.64. The highest BCUT2D eigenvalue weighted by atomic mass is 32.2. The van der Waals surface area contributed by atoms with Gasteiger partial charge in [-0.05, 0) is 74.6 Å². The number of aryl methyl sites for hydroxylation is 2. The lowest BCUT2D eigenvalue weighted by molar-refractivity contribution is 0.471. The minimum atomic E-state index is -3.56. The van der Waals surface area contributed by atoms with Crippen LogP contribution in [0.25, 0.3) is 0 Å². The molecule has 0 aromatic heterocycles. The van der Waals surface area contributed by atoms with E-state index in [4.69, 9.17) is 0 Å². The first kappa shape index (κ1) is 14.0. The van der Waals surface area contributed by atoms with Gasteiger partial charge >= 0.3 is 0 Å². The molecule has 2 saturated carbocycles. The minimum Gasteiger partial charge on any atom is -0.207 e. The van der Waals surface area contributed by atoms with Crippen molar-refractivity contribution in [2.75, 3.05) is 0 Å². The third-order valence-electron chi connectivity index (χ3n) is 4.24. The molecule has 1 aromatic rings. The summed E-state index contributed by atoms with van der Waals surface area (Å²) in [7, 11) is -3.56. The molecule has 3 rings (SSSR count). The molecule has 1 N–H and O–H groups in total. The zero-order valence-corrected chi connectivity index (χ0v) is 12.6. The van der Waals surface area contributed by atoms with Gasteiger partial charge in [-0.3, -0.25) is 0 Å². The number of halogens is 1. The first-order valence-electron chi connectivity index (χ1n) is 7.17. The topological polar surface area (TPSA) is 46.2 Å². The third-order valence-corrected chi connectivity index (χ3v) is 6.01. The summed E-state index contributed by atoms with van der Waals surface area (Å²) in [6.07, 6.45) is 4.46. The Labute approximate surface area is 119 Å². The summed E-state index contributed by atoms with van der Waals surface area (Å²) < 4.78 is 41.5. The average Bonchev–Trinajstić information content (AvgIpc) is 3.18. The highest BCUT2D eigenvalue weighted by Crippen LogP contribution is 2.45. The second kappa shape index (κ2) is 4.81. The molecule has 110 valence electrons. The predicted molar refractivity (Wildman–Crippen MR) is 75.4 cm³/mol. The maximum absolute atomic E-state index is 13.3. The fourth-order valence-corrected chi connectivity index (χ4v) is 4.87. The number of sulfonamides is 1. The average molecular weight is 297 g/mol. The maximum Gasteiger partial charge on any atom is 0.241 e. The fourth-order valence-electron chi connectivity index (χ4n) is 3.05. The van der Waals surface area contributed by atoms with Crippen LogP contribution in [0.5, 0.6) is 0 Å². The quantitative estimate of drug-likeness (QED) is 0.908. The van der Waals surface area contributed by atoms with Gasteiger partial charge in [-0.2, -0.15) is 0 Å². The van der Waals surface area contributed by atoms with Gasteiger partial charge in [0.15, 0.2) is 0 Å². The van der Waals surface area contributed by atoms with E-state index in [2.05, 4.69) is 4.72 Å². The Kier molecular flexibility index (Phi) is 3.37. The van der Waals surface area contributed by atoms with E-state index in [0.29, 0.717) is 23.0 Å². The molecule has 0 amide bonds. The van der Waals surface area contributed by atoms with Crippen molar-refractivity contribution in [3.05, 3.63) is 29.1 Å². The maximum atomic E-state index is 13.3. The molecule has 3 nitrogen and oxygen atoms in total. The van der Waals surface area contributed by atoms with Gasteiger partial charge in [0.1, 0.15) is 5.82 Å². The fraction of sp³-hybridized carbons (Fsp3) is 0.600.